The van der Waals surface area contributed by atoms with E-state index in [2.05, 4.69) is 0 Å². The minimum Gasteiger partial charge on any atom is -0.425 e. The van der Waals surface area contributed by atoms with Gasteiger partial charge in [-0.15, -0.1) is 0 Å². The molecule has 1 heterocycles. The van der Waals surface area contributed by atoms with Gasteiger partial charge in [0.1, 0.15) is 5.76 Å². The molecule has 22 heavy (non-hydrogen) atoms. The number of hydrogen-bond donors (Lipinski definition) is 0. The van der Waals surface area contributed by atoms with E-state index < -0.39 is 17.8 Å². The summed E-state index contributed by atoms with van der Waals surface area (Å²) in [4.78, 5) is 36.6. The number of nitrogens with zero attached hydrogens (tertiary/aromatic N) is 1. The van der Waals surface area contributed by atoms with Crippen LogP contribution in [0.25, 0.3) is 0 Å². The van der Waals surface area contributed by atoms with Gasteiger partial charge in [-0.25, -0.2) is 4.79 Å². The van der Waals surface area contributed by atoms with Crippen molar-refractivity contribution in [2.75, 3.05) is 6.54 Å². The minimum atomic E-state index is -0.546. The second-order valence-electron chi connectivity index (χ2n) is 4.82. The first kappa shape index (κ1) is 15.7. The van der Waals surface area contributed by atoms with E-state index in [1.54, 1.807) is 36.4 Å². The van der Waals surface area contributed by atoms with Crippen molar-refractivity contribution in [3.05, 3.63) is 59.9 Å². The summed E-state index contributed by atoms with van der Waals surface area (Å²) in [6.45, 7) is 1.98. The van der Waals surface area contributed by atoms with Crippen LogP contribution in [0.3, 0.4) is 0 Å². The van der Waals surface area contributed by atoms with Crippen molar-refractivity contribution in [1.82, 2.24) is 4.90 Å². The van der Waals surface area contributed by atoms with Gasteiger partial charge in [-0.1, -0.05) is 37.6 Å². The zero-order valence-electron chi connectivity index (χ0n) is 12.3. The maximum Gasteiger partial charge on any atom is 0.343 e. The van der Waals surface area contributed by atoms with Gasteiger partial charge in [0, 0.05) is 6.08 Å². The molecule has 1 aromatic carbocycles. The summed E-state index contributed by atoms with van der Waals surface area (Å²) >= 11 is 0. The lowest BCUT2D eigenvalue weighted by molar-refractivity contribution is -0.137. The number of benzene rings is 1. The Morgan fingerprint density at radius 2 is 2.00 bits per heavy atom. The number of rotatable bonds is 5. The van der Waals surface area contributed by atoms with Crippen molar-refractivity contribution in [3.63, 3.8) is 0 Å². The molecule has 2 rings (SSSR count). The van der Waals surface area contributed by atoms with Crippen LogP contribution in [0.5, 0.6) is 0 Å². The molecule has 5 nitrogen and oxygen atoms in total. The van der Waals surface area contributed by atoms with E-state index in [0.717, 1.165) is 17.7 Å². The number of hydrogen-bond acceptors (Lipinski definition) is 4. The summed E-state index contributed by atoms with van der Waals surface area (Å²) in [6.07, 6.45) is 5.97. The molecule has 5 heteroatoms. The van der Waals surface area contributed by atoms with Crippen molar-refractivity contribution in [2.24, 2.45) is 0 Å². The molecular weight excluding hydrogens is 282 g/mol. The second-order valence-corrected chi connectivity index (χ2v) is 4.82. The predicted octanol–water partition coefficient (Wildman–Crippen LogP) is 2.45. The number of esters is 1. The van der Waals surface area contributed by atoms with Crippen LogP contribution >= 0.6 is 0 Å². The molecule has 0 spiro atoms. The molecule has 114 valence electrons. The summed E-state index contributed by atoms with van der Waals surface area (Å²) < 4.78 is 5.16. The van der Waals surface area contributed by atoms with Gasteiger partial charge >= 0.3 is 5.97 Å². The molecule has 2 amide bonds. The van der Waals surface area contributed by atoms with Gasteiger partial charge in [-0.05, 0) is 24.6 Å². The highest BCUT2D eigenvalue weighted by Crippen LogP contribution is 2.15. The van der Waals surface area contributed by atoms with E-state index >= 15 is 0 Å². The van der Waals surface area contributed by atoms with Crippen LogP contribution in [-0.2, 0) is 14.3 Å². The van der Waals surface area contributed by atoms with Crippen LogP contribution in [0, 0.1) is 0 Å². The molecule has 0 aromatic heterocycles. The van der Waals surface area contributed by atoms with E-state index in [9.17, 15) is 14.4 Å². The van der Waals surface area contributed by atoms with Gasteiger partial charge in [0.15, 0.2) is 0 Å². The Labute approximate surface area is 128 Å². The lowest BCUT2D eigenvalue weighted by Gasteiger charge is -2.12. The van der Waals surface area contributed by atoms with E-state index in [1.165, 1.54) is 12.2 Å². The third kappa shape index (κ3) is 3.91. The van der Waals surface area contributed by atoms with Crippen LogP contribution in [0.4, 0.5) is 0 Å². The molecule has 0 atom stereocenters. The Morgan fingerprint density at radius 1 is 1.27 bits per heavy atom. The van der Waals surface area contributed by atoms with Crippen molar-refractivity contribution < 1.29 is 19.1 Å². The average Bonchev–Trinajstić information content (AvgIpc) is 2.89. The number of carbonyl (C=O) groups excluding carboxylic acids is 3. The smallest absolute Gasteiger partial charge is 0.343 e. The molecule has 0 saturated carbocycles. The van der Waals surface area contributed by atoms with Gasteiger partial charge < -0.3 is 4.74 Å². The Balaban J connectivity index is 1.95. The standard InChI is InChI=1S/C17H17NO4/c1-2-3-5-10-15(19)18-12-14(11-16(18)20)22-17(21)13-8-6-4-7-9-13/h4-11H,2-3,12H2,1H3/b10-5+. The van der Waals surface area contributed by atoms with Crippen LogP contribution < -0.4 is 0 Å². The Bertz CT molecular complexity index is 631. The summed E-state index contributed by atoms with van der Waals surface area (Å²) in [7, 11) is 0. The van der Waals surface area contributed by atoms with Crippen molar-refractivity contribution in [3.8, 4) is 0 Å². The molecule has 1 aromatic rings. The summed E-state index contributed by atoms with van der Waals surface area (Å²) in [6, 6.07) is 8.47. The number of ether oxygens (including phenoxy) is 1. The zero-order chi connectivity index (χ0) is 15.9. The normalized spacial score (nSPS) is 14.3. The van der Waals surface area contributed by atoms with Crippen LogP contribution in [0.15, 0.2) is 54.3 Å². The third-order valence-corrected chi connectivity index (χ3v) is 3.08. The highest BCUT2D eigenvalue weighted by Gasteiger charge is 2.28. The van der Waals surface area contributed by atoms with Crippen molar-refractivity contribution in [2.45, 2.75) is 19.8 Å². The summed E-state index contributed by atoms with van der Waals surface area (Å²) in [5.41, 5.74) is 0.392. The fraction of sp³-hybridized carbons (Fsp3) is 0.235. The number of unbranched alkanes of at least 4 members (excludes halogenated alkanes) is 1. The lowest BCUT2D eigenvalue weighted by Crippen LogP contribution is -2.31. The molecular formula is C17H17NO4. The Hall–Kier alpha value is -2.69. The van der Waals surface area contributed by atoms with E-state index in [4.69, 9.17) is 4.74 Å². The minimum absolute atomic E-state index is 0.0211. The quantitative estimate of drug-likeness (QED) is 0.619. The zero-order valence-corrected chi connectivity index (χ0v) is 12.3. The molecule has 0 saturated heterocycles. The SMILES string of the molecule is CCC/C=C/C(=O)N1CC(OC(=O)c2ccccc2)=CC1=O. The van der Waals surface area contributed by atoms with Gasteiger partial charge in [0.2, 0.25) is 0 Å². The highest BCUT2D eigenvalue weighted by molar-refractivity contribution is 6.07. The molecule has 0 bridgehead atoms. The summed E-state index contributed by atoms with van der Waals surface area (Å²) in [5.74, 6) is -1.24. The van der Waals surface area contributed by atoms with Crippen molar-refractivity contribution >= 4 is 17.8 Å². The summed E-state index contributed by atoms with van der Waals surface area (Å²) in [5, 5.41) is 0. The first-order valence-electron chi connectivity index (χ1n) is 7.11. The molecule has 0 aliphatic carbocycles. The molecule has 0 fully saturated rings. The van der Waals surface area contributed by atoms with Gasteiger partial charge in [0.05, 0.1) is 12.1 Å². The van der Waals surface area contributed by atoms with E-state index in [1.807, 2.05) is 6.92 Å². The Morgan fingerprint density at radius 3 is 2.68 bits per heavy atom. The van der Waals surface area contributed by atoms with Crippen LogP contribution in [0.1, 0.15) is 30.1 Å². The second kappa shape index (κ2) is 7.36. The molecule has 1 aliphatic rings. The molecule has 1 aliphatic heterocycles. The predicted molar refractivity (Wildman–Crippen MR) is 80.7 cm³/mol. The van der Waals surface area contributed by atoms with E-state index in [0.29, 0.717) is 5.56 Å². The van der Waals surface area contributed by atoms with Crippen LogP contribution in [-0.4, -0.2) is 29.2 Å². The number of allylic oxidation sites excluding steroid dienone is 1. The topological polar surface area (TPSA) is 63.7 Å². The number of carbonyl (C=O) groups is 3. The lowest BCUT2D eigenvalue weighted by atomic mass is 10.2. The maximum absolute atomic E-state index is 11.9. The first-order chi connectivity index (χ1) is 10.6. The number of amides is 2. The number of imide groups is 1. The molecule has 0 radical (unpaired) electrons. The largest absolute Gasteiger partial charge is 0.425 e. The third-order valence-electron chi connectivity index (χ3n) is 3.08. The average molecular weight is 299 g/mol. The highest BCUT2D eigenvalue weighted by atomic mass is 16.5. The van der Waals surface area contributed by atoms with Gasteiger partial charge in [0.25, 0.3) is 11.8 Å². The van der Waals surface area contributed by atoms with Crippen LogP contribution in [0.2, 0.25) is 0 Å². The fourth-order valence-corrected chi connectivity index (χ4v) is 1.94. The Kier molecular flexibility index (Phi) is 5.25. The maximum atomic E-state index is 11.9. The van der Waals surface area contributed by atoms with Gasteiger partial charge in [-0.3, -0.25) is 14.5 Å². The van der Waals surface area contributed by atoms with Crippen molar-refractivity contribution in [1.29, 1.82) is 0 Å². The van der Waals surface area contributed by atoms with E-state index in [-0.39, 0.29) is 12.3 Å². The molecule has 0 unspecified atom stereocenters. The first-order valence-corrected chi connectivity index (χ1v) is 7.11. The van der Waals surface area contributed by atoms with Gasteiger partial charge in [-0.2, -0.15) is 0 Å². The fourth-order valence-electron chi connectivity index (χ4n) is 1.94. The monoisotopic (exact) mass is 299 g/mol. The molecule has 0 N–H and O–H groups in total.